The van der Waals surface area contributed by atoms with Crippen LogP contribution in [-0.2, 0) is 4.79 Å². The number of aryl methyl sites for hydroxylation is 1. The molecule has 0 heterocycles. The van der Waals surface area contributed by atoms with Crippen LogP contribution in [0.15, 0.2) is 54.6 Å². The standard InChI is InChI=1S/C23H15Cl2NO4/c1-12-8-13(24)9-19(25)23(12)30-11-20(27)26-14-6-7-17-18(10-14)22(29)16-5-3-2-4-15(16)21(17)28/h2-10H,11H2,1H3,(H,26,27). The van der Waals surface area contributed by atoms with Gasteiger partial charge in [0.15, 0.2) is 18.2 Å². The molecule has 0 saturated heterocycles. The van der Waals surface area contributed by atoms with Crippen LogP contribution in [0.5, 0.6) is 5.75 Å². The molecular formula is C23H15Cl2NO4. The Bertz CT molecular complexity index is 1200. The largest absolute Gasteiger partial charge is 0.482 e. The lowest BCUT2D eigenvalue weighted by Crippen LogP contribution is -2.23. The number of carbonyl (C=O) groups excluding carboxylic acids is 3. The number of ether oxygens (including phenoxy) is 1. The minimum absolute atomic E-state index is 0.214. The Morgan fingerprint density at radius 3 is 2.20 bits per heavy atom. The van der Waals surface area contributed by atoms with Crippen LogP contribution < -0.4 is 10.1 Å². The van der Waals surface area contributed by atoms with Gasteiger partial charge in [-0.25, -0.2) is 0 Å². The number of rotatable bonds is 4. The van der Waals surface area contributed by atoms with Gasteiger partial charge in [-0.15, -0.1) is 0 Å². The summed E-state index contributed by atoms with van der Waals surface area (Å²) in [7, 11) is 0. The highest BCUT2D eigenvalue weighted by Gasteiger charge is 2.29. The van der Waals surface area contributed by atoms with E-state index < -0.39 is 5.91 Å². The zero-order valence-electron chi connectivity index (χ0n) is 15.8. The maximum absolute atomic E-state index is 12.8. The predicted octanol–water partition coefficient (Wildman–Crippen LogP) is 5.09. The van der Waals surface area contributed by atoms with Crippen molar-refractivity contribution in [1.29, 1.82) is 0 Å². The third kappa shape index (κ3) is 3.70. The molecule has 150 valence electrons. The van der Waals surface area contributed by atoms with Crippen molar-refractivity contribution >= 4 is 46.4 Å². The number of halogens is 2. The average Bonchev–Trinajstić information content (AvgIpc) is 2.71. The van der Waals surface area contributed by atoms with E-state index >= 15 is 0 Å². The molecule has 4 rings (SSSR count). The Labute approximate surface area is 182 Å². The fourth-order valence-corrected chi connectivity index (χ4v) is 4.03. The monoisotopic (exact) mass is 439 g/mol. The van der Waals surface area contributed by atoms with Crippen molar-refractivity contribution in [2.45, 2.75) is 6.92 Å². The van der Waals surface area contributed by atoms with Crippen LogP contribution in [0.2, 0.25) is 10.0 Å². The number of fused-ring (bicyclic) bond motifs is 2. The first-order chi connectivity index (χ1) is 14.3. The summed E-state index contributed by atoms with van der Waals surface area (Å²) < 4.78 is 5.53. The molecule has 1 N–H and O–H groups in total. The first kappa shape index (κ1) is 20.1. The van der Waals surface area contributed by atoms with Crippen molar-refractivity contribution in [3.63, 3.8) is 0 Å². The summed E-state index contributed by atoms with van der Waals surface area (Å²) in [5.41, 5.74) is 2.41. The molecule has 0 spiro atoms. The van der Waals surface area contributed by atoms with E-state index in [1.807, 2.05) is 0 Å². The Kier molecular flexibility index (Phi) is 5.33. The Morgan fingerprint density at radius 2 is 1.53 bits per heavy atom. The normalized spacial score (nSPS) is 12.2. The molecule has 0 aromatic heterocycles. The van der Waals surface area contributed by atoms with E-state index in [4.69, 9.17) is 27.9 Å². The van der Waals surface area contributed by atoms with E-state index in [1.54, 1.807) is 49.4 Å². The summed E-state index contributed by atoms with van der Waals surface area (Å²) in [4.78, 5) is 37.8. The molecular weight excluding hydrogens is 425 g/mol. The lowest BCUT2D eigenvalue weighted by molar-refractivity contribution is -0.118. The lowest BCUT2D eigenvalue weighted by atomic mass is 9.84. The summed E-state index contributed by atoms with van der Waals surface area (Å²) in [6.07, 6.45) is 0. The maximum atomic E-state index is 12.8. The number of hydrogen-bond donors (Lipinski definition) is 1. The van der Waals surface area contributed by atoms with Gasteiger partial charge < -0.3 is 10.1 Å². The maximum Gasteiger partial charge on any atom is 0.262 e. The van der Waals surface area contributed by atoms with Gasteiger partial charge in [-0.3, -0.25) is 14.4 Å². The highest BCUT2D eigenvalue weighted by atomic mass is 35.5. The summed E-state index contributed by atoms with van der Waals surface area (Å²) in [6.45, 7) is 1.49. The second-order valence-corrected chi connectivity index (χ2v) is 7.68. The predicted molar refractivity (Wildman–Crippen MR) is 115 cm³/mol. The quantitative estimate of drug-likeness (QED) is 0.480. The van der Waals surface area contributed by atoms with E-state index in [0.29, 0.717) is 43.7 Å². The van der Waals surface area contributed by atoms with E-state index in [-0.39, 0.29) is 23.7 Å². The van der Waals surface area contributed by atoms with E-state index in [9.17, 15) is 14.4 Å². The molecule has 0 bridgehead atoms. The lowest BCUT2D eigenvalue weighted by Gasteiger charge is -2.18. The molecule has 3 aromatic rings. The van der Waals surface area contributed by atoms with Crippen LogP contribution >= 0.6 is 23.2 Å². The van der Waals surface area contributed by atoms with Crippen LogP contribution in [0.1, 0.15) is 37.4 Å². The molecule has 0 unspecified atom stereocenters. The van der Waals surface area contributed by atoms with Crippen molar-refractivity contribution in [1.82, 2.24) is 0 Å². The summed E-state index contributed by atoms with van der Waals surface area (Å²) in [5, 5.41) is 3.46. The molecule has 0 fully saturated rings. The van der Waals surface area contributed by atoms with Gasteiger partial charge in [0.25, 0.3) is 5.91 Å². The molecule has 30 heavy (non-hydrogen) atoms. The van der Waals surface area contributed by atoms with Crippen molar-refractivity contribution in [3.05, 3.63) is 92.5 Å². The smallest absolute Gasteiger partial charge is 0.262 e. The molecule has 0 radical (unpaired) electrons. The number of anilines is 1. The summed E-state index contributed by atoms with van der Waals surface area (Å²) in [5.74, 6) is -0.528. The van der Waals surface area contributed by atoms with Crippen LogP contribution in [0.4, 0.5) is 5.69 Å². The topological polar surface area (TPSA) is 72.5 Å². The molecule has 1 aliphatic carbocycles. The summed E-state index contributed by atoms with van der Waals surface area (Å²) >= 11 is 12.1. The molecule has 3 aromatic carbocycles. The number of benzene rings is 3. The third-order valence-corrected chi connectivity index (χ3v) is 5.25. The van der Waals surface area contributed by atoms with Gasteiger partial charge in [-0.2, -0.15) is 0 Å². The Balaban J connectivity index is 1.51. The average molecular weight is 440 g/mol. The SMILES string of the molecule is Cc1cc(Cl)cc(Cl)c1OCC(=O)Nc1ccc2c(c1)C(=O)c1ccccc1C2=O. The number of nitrogens with one attached hydrogen (secondary N) is 1. The van der Waals surface area contributed by atoms with Gasteiger partial charge >= 0.3 is 0 Å². The van der Waals surface area contributed by atoms with Gasteiger partial charge in [-0.1, -0.05) is 47.5 Å². The highest BCUT2D eigenvalue weighted by molar-refractivity contribution is 6.35. The van der Waals surface area contributed by atoms with Crippen molar-refractivity contribution in [2.75, 3.05) is 11.9 Å². The second-order valence-electron chi connectivity index (χ2n) is 6.83. The minimum Gasteiger partial charge on any atom is -0.482 e. The molecule has 7 heteroatoms. The molecule has 1 amide bonds. The number of ketones is 2. The summed E-state index contributed by atoms with van der Waals surface area (Å²) in [6, 6.07) is 14.5. The molecule has 0 atom stereocenters. The van der Waals surface area contributed by atoms with Crippen LogP contribution in [0.25, 0.3) is 0 Å². The molecule has 0 aliphatic heterocycles. The molecule has 1 aliphatic rings. The first-order valence-electron chi connectivity index (χ1n) is 9.06. The zero-order valence-corrected chi connectivity index (χ0v) is 17.3. The van der Waals surface area contributed by atoms with Crippen LogP contribution in [-0.4, -0.2) is 24.1 Å². The first-order valence-corrected chi connectivity index (χ1v) is 9.81. The molecule has 0 saturated carbocycles. The van der Waals surface area contributed by atoms with Gasteiger partial charge in [0.2, 0.25) is 0 Å². The molecule has 5 nitrogen and oxygen atoms in total. The van der Waals surface area contributed by atoms with Gasteiger partial charge in [0, 0.05) is 33.0 Å². The van der Waals surface area contributed by atoms with Crippen molar-refractivity contribution in [3.8, 4) is 5.75 Å². The number of amides is 1. The van der Waals surface area contributed by atoms with Crippen molar-refractivity contribution < 1.29 is 19.1 Å². The van der Waals surface area contributed by atoms with Crippen LogP contribution in [0, 0.1) is 6.92 Å². The fraction of sp³-hybridized carbons (Fsp3) is 0.0870. The zero-order chi connectivity index (χ0) is 21.4. The second kappa shape index (κ2) is 7.94. The van der Waals surface area contributed by atoms with E-state index in [2.05, 4.69) is 5.32 Å². The van der Waals surface area contributed by atoms with E-state index in [1.165, 1.54) is 12.1 Å². The van der Waals surface area contributed by atoms with Gasteiger partial charge in [-0.05, 0) is 42.8 Å². The minimum atomic E-state index is -0.435. The fourth-order valence-electron chi connectivity index (χ4n) is 3.38. The van der Waals surface area contributed by atoms with E-state index in [0.717, 1.165) is 0 Å². The number of carbonyl (C=O) groups is 3. The van der Waals surface area contributed by atoms with Crippen LogP contribution in [0.3, 0.4) is 0 Å². The van der Waals surface area contributed by atoms with Crippen molar-refractivity contribution in [2.24, 2.45) is 0 Å². The van der Waals surface area contributed by atoms with Gasteiger partial charge in [0.05, 0.1) is 5.02 Å². The Hall–Kier alpha value is -3.15. The third-order valence-electron chi connectivity index (χ3n) is 4.75. The Morgan fingerprint density at radius 1 is 0.900 bits per heavy atom. The van der Waals surface area contributed by atoms with Gasteiger partial charge in [0.1, 0.15) is 5.75 Å². The number of hydrogen-bond acceptors (Lipinski definition) is 4. The highest BCUT2D eigenvalue weighted by Crippen LogP contribution is 2.32.